The molecule has 124 valence electrons. The maximum atomic E-state index is 12.4. The van der Waals surface area contributed by atoms with Gasteiger partial charge in [0.15, 0.2) is 0 Å². The number of nitro groups is 1. The van der Waals surface area contributed by atoms with Crippen molar-refractivity contribution in [2.75, 3.05) is 37.6 Å². The zero-order chi connectivity index (χ0) is 16.4. The second kappa shape index (κ2) is 6.72. The van der Waals surface area contributed by atoms with Gasteiger partial charge in [0.2, 0.25) is 5.91 Å². The van der Waals surface area contributed by atoms with E-state index >= 15 is 0 Å². The Balaban J connectivity index is 1.55. The molecule has 0 radical (unpaired) electrons. The number of carbonyl (C=O) groups is 1. The second-order valence-electron chi connectivity index (χ2n) is 5.88. The third-order valence-corrected chi connectivity index (χ3v) is 4.72. The number of nitrogens with zero attached hydrogens (tertiary/aromatic N) is 3. The summed E-state index contributed by atoms with van der Waals surface area (Å²) in [5, 5.41) is 13.9. The van der Waals surface area contributed by atoms with Crippen LogP contribution in [-0.4, -0.2) is 59.9 Å². The fourth-order valence-corrected chi connectivity index (χ4v) is 3.34. The van der Waals surface area contributed by atoms with Crippen molar-refractivity contribution in [3.63, 3.8) is 0 Å². The Morgan fingerprint density at radius 3 is 2.39 bits per heavy atom. The Morgan fingerprint density at radius 1 is 1.22 bits per heavy atom. The smallest absolute Gasteiger partial charge is 0.269 e. The number of amides is 1. The molecule has 0 saturated carbocycles. The molecule has 0 spiro atoms. The molecule has 23 heavy (non-hydrogen) atoms. The molecule has 2 atom stereocenters. The second-order valence-corrected chi connectivity index (χ2v) is 6.50. The minimum atomic E-state index is -0.404. The number of benzene rings is 1. The Bertz CT molecular complexity index is 587. The molecule has 2 unspecified atom stereocenters. The van der Waals surface area contributed by atoms with Crippen LogP contribution in [0.15, 0.2) is 24.3 Å². The van der Waals surface area contributed by atoms with Crippen molar-refractivity contribution in [3.05, 3.63) is 34.4 Å². The van der Waals surface area contributed by atoms with Crippen LogP contribution in [0.5, 0.6) is 0 Å². The fourth-order valence-electron chi connectivity index (χ4n) is 3.07. The number of alkyl halides is 1. The van der Waals surface area contributed by atoms with Crippen LogP contribution in [0.2, 0.25) is 0 Å². The van der Waals surface area contributed by atoms with Crippen LogP contribution in [0.1, 0.15) is 6.42 Å². The van der Waals surface area contributed by atoms with Gasteiger partial charge in [0.05, 0.1) is 11.0 Å². The topological polar surface area (TPSA) is 78.7 Å². The van der Waals surface area contributed by atoms with Gasteiger partial charge in [-0.1, -0.05) is 0 Å². The summed E-state index contributed by atoms with van der Waals surface area (Å²) in [6, 6.07) is 6.37. The number of piperazine rings is 1. The van der Waals surface area contributed by atoms with E-state index in [9.17, 15) is 14.9 Å². The molecular formula is C15H19ClN4O3. The Kier molecular flexibility index (Phi) is 4.68. The number of rotatable bonds is 3. The van der Waals surface area contributed by atoms with Crippen LogP contribution < -0.4 is 10.2 Å². The summed E-state index contributed by atoms with van der Waals surface area (Å²) >= 11 is 6.04. The summed E-state index contributed by atoms with van der Waals surface area (Å²) in [6.45, 7) is 3.43. The molecule has 8 heteroatoms. The van der Waals surface area contributed by atoms with Crippen LogP contribution >= 0.6 is 11.6 Å². The number of carbonyl (C=O) groups excluding carboxylic acids is 1. The summed E-state index contributed by atoms with van der Waals surface area (Å²) < 4.78 is 0. The highest BCUT2D eigenvalue weighted by Gasteiger charge is 2.32. The number of non-ortho nitro benzene ring substituents is 1. The van der Waals surface area contributed by atoms with Gasteiger partial charge in [-0.2, -0.15) is 0 Å². The van der Waals surface area contributed by atoms with E-state index in [1.165, 1.54) is 12.1 Å². The van der Waals surface area contributed by atoms with E-state index in [0.717, 1.165) is 18.8 Å². The van der Waals surface area contributed by atoms with Gasteiger partial charge in [-0.15, -0.1) is 11.6 Å². The molecular weight excluding hydrogens is 320 g/mol. The largest absolute Gasteiger partial charge is 0.368 e. The minimum Gasteiger partial charge on any atom is -0.368 e. The normalized spacial score (nSPS) is 24.7. The van der Waals surface area contributed by atoms with Crippen molar-refractivity contribution in [2.24, 2.45) is 0 Å². The molecule has 2 heterocycles. The summed E-state index contributed by atoms with van der Waals surface area (Å²) in [7, 11) is 0. The van der Waals surface area contributed by atoms with Crippen molar-refractivity contribution in [2.45, 2.75) is 17.8 Å². The van der Waals surface area contributed by atoms with Gasteiger partial charge in [0, 0.05) is 55.9 Å². The average molecular weight is 339 g/mol. The number of halogens is 1. The Morgan fingerprint density at radius 2 is 1.87 bits per heavy atom. The van der Waals surface area contributed by atoms with E-state index in [-0.39, 0.29) is 23.0 Å². The Labute approximate surface area is 139 Å². The molecule has 2 aliphatic rings. The molecule has 2 fully saturated rings. The van der Waals surface area contributed by atoms with Crippen molar-refractivity contribution >= 4 is 28.9 Å². The molecule has 1 aromatic rings. The van der Waals surface area contributed by atoms with Crippen LogP contribution in [0.25, 0.3) is 0 Å². The van der Waals surface area contributed by atoms with Gasteiger partial charge in [-0.05, 0) is 18.6 Å². The molecule has 1 N–H and O–H groups in total. The van der Waals surface area contributed by atoms with E-state index < -0.39 is 4.92 Å². The van der Waals surface area contributed by atoms with Crippen molar-refractivity contribution in [1.82, 2.24) is 10.2 Å². The first-order valence-electron chi connectivity index (χ1n) is 7.70. The molecule has 3 rings (SSSR count). The number of nitro benzene ring substituents is 1. The molecule has 7 nitrogen and oxygen atoms in total. The lowest BCUT2D eigenvalue weighted by Gasteiger charge is -2.37. The highest BCUT2D eigenvalue weighted by molar-refractivity contribution is 6.21. The van der Waals surface area contributed by atoms with E-state index in [0.29, 0.717) is 26.1 Å². The van der Waals surface area contributed by atoms with E-state index in [1.807, 2.05) is 4.90 Å². The van der Waals surface area contributed by atoms with Crippen LogP contribution in [-0.2, 0) is 4.79 Å². The van der Waals surface area contributed by atoms with E-state index in [4.69, 9.17) is 11.6 Å². The van der Waals surface area contributed by atoms with Gasteiger partial charge in [-0.25, -0.2) is 0 Å². The lowest BCUT2D eigenvalue weighted by molar-refractivity contribution is -0.384. The monoisotopic (exact) mass is 338 g/mol. The van der Waals surface area contributed by atoms with Crippen LogP contribution in [0, 0.1) is 10.1 Å². The lowest BCUT2D eigenvalue weighted by atomic mass is 10.1. The predicted molar refractivity (Wildman–Crippen MR) is 87.9 cm³/mol. The maximum Gasteiger partial charge on any atom is 0.269 e. The molecule has 0 aliphatic carbocycles. The molecule has 0 bridgehead atoms. The summed E-state index contributed by atoms with van der Waals surface area (Å²) in [5.74, 6) is 0.122. The van der Waals surface area contributed by atoms with Crippen LogP contribution in [0.3, 0.4) is 0 Å². The molecule has 2 saturated heterocycles. The summed E-state index contributed by atoms with van der Waals surface area (Å²) in [5.41, 5.74) is 1.04. The predicted octanol–water partition coefficient (Wildman–Crippen LogP) is 1.21. The van der Waals surface area contributed by atoms with Gasteiger partial charge in [-0.3, -0.25) is 14.9 Å². The Hall–Kier alpha value is -1.86. The first-order chi connectivity index (χ1) is 11.0. The average Bonchev–Trinajstić information content (AvgIpc) is 3.01. The fraction of sp³-hybridized carbons (Fsp3) is 0.533. The maximum absolute atomic E-state index is 12.4. The third kappa shape index (κ3) is 3.56. The molecule has 1 aromatic carbocycles. The van der Waals surface area contributed by atoms with Crippen molar-refractivity contribution < 1.29 is 9.72 Å². The van der Waals surface area contributed by atoms with Gasteiger partial charge in [0.25, 0.3) is 5.69 Å². The number of anilines is 1. The SMILES string of the molecule is O=C(C1CC(Cl)CN1)N1CCN(c2ccc([N+](=O)[O-])cc2)CC1. The van der Waals surface area contributed by atoms with Crippen molar-refractivity contribution in [3.8, 4) is 0 Å². The first kappa shape index (κ1) is 16.0. The summed E-state index contributed by atoms with van der Waals surface area (Å²) in [4.78, 5) is 26.7. The molecule has 1 amide bonds. The molecule has 0 aromatic heterocycles. The lowest BCUT2D eigenvalue weighted by Crippen LogP contribution is -2.53. The van der Waals surface area contributed by atoms with Gasteiger partial charge < -0.3 is 15.1 Å². The highest BCUT2D eigenvalue weighted by Crippen LogP contribution is 2.21. The van der Waals surface area contributed by atoms with E-state index in [2.05, 4.69) is 10.2 Å². The van der Waals surface area contributed by atoms with Gasteiger partial charge in [0.1, 0.15) is 0 Å². The zero-order valence-electron chi connectivity index (χ0n) is 12.7. The standard InChI is InChI=1S/C15H19ClN4O3/c16-11-9-14(17-10-11)15(21)19-7-5-18(6-8-19)12-1-3-13(4-2-12)20(22)23/h1-4,11,14,17H,5-10H2. The third-order valence-electron chi connectivity index (χ3n) is 4.39. The quantitative estimate of drug-likeness (QED) is 0.509. The molecule has 2 aliphatic heterocycles. The summed E-state index contributed by atoms with van der Waals surface area (Å²) in [6.07, 6.45) is 0.683. The highest BCUT2D eigenvalue weighted by atomic mass is 35.5. The van der Waals surface area contributed by atoms with E-state index in [1.54, 1.807) is 12.1 Å². The minimum absolute atomic E-state index is 0.0327. The first-order valence-corrected chi connectivity index (χ1v) is 8.14. The van der Waals surface area contributed by atoms with Gasteiger partial charge >= 0.3 is 0 Å². The van der Waals surface area contributed by atoms with Crippen LogP contribution in [0.4, 0.5) is 11.4 Å². The number of hydrogen-bond donors (Lipinski definition) is 1. The zero-order valence-corrected chi connectivity index (χ0v) is 13.4. The number of nitrogens with one attached hydrogen (secondary N) is 1. The number of hydrogen-bond acceptors (Lipinski definition) is 5. The van der Waals surface area contributed by atoms with Crippen molar-refractivity contribution in [1.29, 1.82) is 0 Å².